The fourth-order valence-electron chi connectivity index (χ4n) is 2.42. The van der Waals surface area contributed by atoms with Gasteiger partial charge in [0.25, 0.3) is 0 Å². The van der Waals surface area contributed by atoms with Crippen LogP contribution < -0.4 is 14.8 Å². The smallest absolute Gasteiger partial charge is 0.352 e. The molecule has 2 N–H and O–H groups in total. The number of ether oxygens (including phenoxy) is 2. The second-order valence-electron chi connectivity index (χ2n) is 6.08. The molecule has 28 heavy (non-hydrogen) atoms. The summed E-state index contributed by atoms with van der Waals surface area (Å²) in [6, 6.07) is 11.1. The van der Waals surface area contributed by atoms with Crippen LogP contribution in [0.2, 0.25) is 5.02 Å². The van der Waals surface area contributed by atoms with Gasteiger partial charge in [-0.2, -0.15) is 0 Å². The minimum Gasteiger partial charge on any atom is -0.490 e. The van der Waals surface area contributed by atoms with Crippen molar-refractivity contribution in [1.29, 1.82) is 0 Å². The quantitative estimate of drug-likeness (QED) is 0.645. The molecule has 6 nitrogen and oxygen atoms in total. The van der Waals surface area contributed by atoms with E-state index in [9.17, 15) is 14.7 Å². The molecule has 0 fully saturated rings. The average Bonchev–Trinajstić information content (AvgIpc) is 2.62. The van der Waals surface area contributed by atoms with E-state index < -0.39 is 11.9 Å². The van der Waals surface area contributed by atoms with Crippen LogP contribution in [-0.2, 0) is 16.2 Å². The maximum atomic E-state index is 11.3. The molecule has 0 bridgehead atoms. The number of carbonyl (C=O) groups is 2. The molecule has 0 aliphatic heterocycles. The van der Waals surface area contributed by atoms with Crippen molar-refractivity contribution >= 4 is 29.6 Å². The third kappa shape index (κ3) is 6.03. The van der Waals surface area contributed by atoms with Gasteiger partial charge in [-0.05, 0) is 43.2 Å². The molecule has 0 atom stereocenters. The summed E-state index contributed by atoms with van der Waals surface area (Å²) in [5.41, 5.74) is 2.33. The van der Waals surface area contributed by atoms with Gasteiger partial charge < -0.3 is 19.9 Å². The number of hydrogen-bond donors (Lipinski definition) is 2. The Morgan fingerprint density at radius 3 is 2.43 bits per heavy atom. The normalized spacial score (nSPS) is 11.1. The van der Waals surface area contributed by atoms with Gasteiger partial charge in [-0.15, -0.1) is 0 Å². The van der Waals surface area contributed by atoms with Crippen LogP contribution in [0.5, 0.6) is 11.5 Å². The molecule has 1 amide bonds. The summed E-state index contributed by atoms with van der Waals surface area (Å²) in [7, 11) is 0. The summed E-state index contributed by atoms with van der Waals surface area (Å²) in [5, 5.41) is 11.8. The minimum absolute atomic E-state index is 0.265. The molecule has 0 heterocycles. The van der Waals surface area contributed by atoms with Gasteiger partial charge in [-0.3, -0.25) is 4.79 Å². The van der Waals surface area contributed by atoms with E-state index in [2.05, 4.69) is 5.32 Å². The molecule has 2 aromatic carbocycles. The average molecular weight is 404 g/mol. The molecular formula is C21H22ClNO5. The Bertz CT molecular complexity index is 890. The molecule has 0 radical (unpaired) electrons. The highest BCUT2D eigenvalue weighted by Gasteiger charge is 2.15. The number of aryl methyl sites for hydroxylation is 1. The first-order valence-corrected chi connectivity index (χ1v) is 9.05. The fraction of sp³-hybridized carbons (Fsp3) is 0.238. The lowest BCUT2D eigenvalue weighted by Crippen LogP contribution is -2.24. The van der Waals surface area contributed by atoms with Gasteiger partial charge in [0, 0.05) is 6.92 Å². The van der Waals surface area contributed by atoms with E-state index in [1.54, 1.807) is 12.1 Å². The molecule has 7 heteroatoms. The highest BCUT2D eigenvalue weighted by Crippen LogP contribution is 2.37. The van der Waals surface area contributed by atoms with Crippen LogP contribution in [0.15, 0.2) is 42.1 Å². The summed E-state index contributed by atoms with van der Waals surface area (Å²) >= 11 is 6.36. The SMILES string of the molecule is CCOc1cc(/C=C(/NC(C)=O)C(=O)O)cc(Cl)c1OCc1ccc(C)cc1. The predicted octanol–water partition coefficient (Wildman–Crippen LogP) is 4.19. The third-order valence-electron chi connectivity index (χ3n) is 3.69. The van der Waals surface area contributed by atoms with Crippen LogP contribution in [-0.4, -0.2) is 23.6 Å². The zero-order chi connectivity index (χ0) is 20.7. The number of carbonyl (C=O) groups excluding carboxylic acids is 1. The van der Waals surface area contributed by atoms with Gasteiger partial charge >= 0.3 is 5.97 Å². The van der Waals surface area contributed by atoms with Crippen molar-refractivity contribution in [2.75, 3.05) is 6.61 Å². The molecular weight excluding hydrogens is 382 g/mol. The van der Waals surface area contributed by atoms with Crippen molar-refractivity contribution in [3.8, 4) is 11.5 Å². The first-order valence-electron chi connectivity index (χ1n) is 8.67. The monoisotopic (exact) mass is 403 g/mol. The molecule has 2 aromatic rings. The van der Waals surface area contributed by atoms with Gasteiger partial charge in [0.15, 0.2) is 11.5 Å². The van der Waals surface area contributed by atoms with E-state index >= 15 is 0 Å². The maximum absolute atomic E-state index is 11.3. The minimum atomic E-state index is -1.26. The van der Waals surface area contributed by atoms with E-state index in [1.165, 1.54) is 13.0 Å². The summed E-state index contributed by atoms with van der Waals surface area (Å²) in [6.07, 6.45) is 1.31. The molecule has 0 aliphatic rings. The number of rotatable bonds is 8. The second kappa shape index (κ2) is 9.80. The Morgan fingerprint density at radius 2 is 1.86 bits per heavy atom. The lowest BCUT2D eigenvalue weighted by atomic mass is 10.1. The molecule has 0 aliphatic carbocycles. The molecule has 0 aromatic heterocycles. The molecule has 0 spiro atoms. The predicted molar refractivity (Wildman–Crippen MR) is 108 cm³/mol. The van der Waals surface area contributed by atoms with E-state index in [4.69, 9.17) is 21.1 Å². The second-order valence-corrected chi connectivity index (χ2v) is 6.49. The van der Waals surface area contributed by atoms with Gasteiger partial charge in [0.05, 0.1) is 11.6 Å². The van der Waals surface area contributed by atoms with Crippen molar-refractivity contribution in [3.05, 3.63) is 63.8 Å². The zero-order valence-electron chi connectivity index (χ0n) is 15.9. The van der Waals surface area contributed by atoms with Crippen molar-refractivity contribution in [1.82, 2.24) is 5.32 Å². The number of hydrogen-bond acceptors (Lipinski definition) is 4. The van der Waals surface area contributed by atoms with Crippen LogP contribution in [0.1, 0.15) is 30.5 Å². The first kappa shape index (κ1) is 21.3. The number of amides is 1. The number of nitrogens with one attached hydrogen (secondary N) is 1. The van der Waals surface area contributed by atoms with Crippen LogP contribution in [0.3, 0.4) is 0 Å². The lowest BCUT2D eigenvalue weighted by molar-refractivity contribution is -0.134. The van der Waals surface area contributed by atoms with Gasteiger partial charge in [0.1, 0.15) is 12.3 Å². The van der Waals surface area contributed by atoms with E-state index in [0.29, 0.717) is 30.3 Å². The first-order chi connectivity index (χ1) is 13.3. The highest BCUT2D eigenvalue weighted by molar-refractivity contribution is 6.32. The zero-order valence-corrected chi connectivity index (χ0v) is 16.7. The summed E-state index contributed by atoms with van der Waals surface area (Å²) in [4.78, 5) is 22.5. The topological polar surface area (TPSA) is 84.9 Å². The molecule has 0 saturated carbocycles. The van der Waals surface area contributed by atoms with Crippen LogP contribution in [0.4, 0.5) is 0 Å². The van der Waals surface area contributed by atoms with Crippen LogP contribution in [0, 0.1) is 6.92 Å². The van der Waals surface area contributed by atoms with E-state index in [-0.39, 0.29) is 10.7 Å². The van der Waals surface area contributed by atoms with Crippen molar-refractivity contribution in [2.45, 2.75) is 27.4 Å². The molecule has 0 saturated heterocycles. The Hall–Kier alpha value is -2.99. The van der Waals surface area contributed by atoms with Gasteiger partial charge in [0.2, 0.25) is 5.91 Å². The summed E-state index contributed by atoms with van der Waals surface area (Å²) in [5.74, 6) is -0.981. The molecule has 148 valence electrons. The van der Waals surface area contributed by atoms with Gasteiger partial charge in [-0.1, -0.05) is 41.4 Å². The standard InChI is InChI=1S/C21H22ClNO5/c1-4-27-19-11-16(10-18(21(25)26)23-14(3)24)9-17(22)20(19)28-12-15-7-5-13(2)6-8-15/h5-11H,4,12H2,1-3H3,(H,23,24)(H,25,26)/b18-10+. The number of carboxylic acid groups (broad SMARTS) is 1. The molecule has 0 unspecified atom stereocenters. The highest BCUT2D eigenvalue weighted by atomic mass is 35.5. The number of aliphatic carboxylic acids is 1. The van der Waals surface area contributed by atoms with Crippen molar-refractivity contribution < 1.29 is 24.2 Å². The van der Waals surface area contributed by atoms with Crippen molar-refractivity contribution in [2.24, 2.45) is 0 Å². The van der Waals surface area contributed by atoms with Crippen LogP contribution >= 0.6 is 11.6 Å². The Kier molecular flexibility index (Phi) is 7.46. The summed E-state index contributed by atoms with van der Waals surface area (Å²) < 4.78 is 11.5. The maximum Gasteiger partial charge on any atom is 0.352 e. The Morgan fingerprint density at radius 1 is 1.18 bits per heavy atom. The fourth-order valence-corrected chi connectivity index (χ4v) is 2.70. The van der Waals surface area contributed by atoms with E-state index in [1.807, 2.05) is 38.1 Å². The Balaban J connectivity index is 2.33. The lowest BCUT2D eigenvalue weighted by Gasteiger charge is -2.15. The van der Waals surface area contributed by atoms with Gasteiger partial charge in [-0.25, -0.2) is 4.79 Å². The number of halogens is 1. The summed E-state index contributed by atoms with van der Waals surface area (Å²) in [6.45, 7) is 5.74. The van der Waals surface area contributed by atoms with Crippen molar-refractivity contribution in [3.63, 3.8) is 0 Å². The molecule has 2 rings (SSSR count). The van der Waals surface area contributed by atoms with Crippen LogP contribution in [0.25, 0.3) is 6.08 Å². The third-order valence-corrected chi connectivity index (χ3v) is 3.97. The number of carboxylic acids is 1. The van der Waals surface area contributed by atoms with E-state index in [0.717, 1.165) is 11.1 Å². The largest absolute Gasteiger partial charge is 0.490 e. The number of benzene rings is 2. The Labute approximate surface area is 168 Å².